The molecule has 0 unspecified atom stereocenters. The van der Waals surface area contributed by atoms with Gasteiger partial charge in [-0.3, -0.25) is 9.59 Å². The first-order valence-electron chi connectivity index (χ1n) is 9.35. The van der Waals surface area contributed by atoms with Crippen LogP contribution in [0.25, 0.3) is 0 Å². The van der Waals surface area contributed by atoms with Crippen LogP contribution in [0, 0.1) is 0 Å². The fourth-order valence-corrected chi connectivity index (χ4v) is 2.78. The Morgan fingerprint density at radius 3 is 1.38 bits per heavy atom. The summed E-state index contributed by atoms with van der Waals surface area (Å²) in [5.41, 5.74) is 2.51. The third-order valence-electron chi connectivity index (χ3n) is 4.19. The van der Waals surface area contributed by atoms with Gasteiger partial charge in [0.1, 0.15) is 0 Å². The zero-order valence-electron chi connectivity index (χ0n) is 15.2. The summed E-state index contributed by atoms with van der Waals surface area (Å²) in [6.07, 6.45) is 4.52. The fraction of sp³-hybridized carbons (Fsp3) is 0.364. The summed E-state index contributed by atoms with van der Waals surface area (Å²) in [6, 6.07) is 20.3. The van der Waals surface area contributed by atoms with Crippen molar-refractivity contribution >= 4 is 11.8 Å². The molecule has 0 aromatic heterocycles. The average Bonchev–Trinajstić information content (AvgIpc) is 2.67. The maximum atomic E-state index is 11.8. The normalized spacial score (nSPS) is 10.3. The van der Waals surface area contributed by atoms with E-state index in [-0.39, 0.29) is 11.8 Å². The second kappa shape index (κ2) is 11.9. The van der Waals surface area contributed by atoms with Crippen LogP contribution in [0.5, 0.6) is 0 Å². The highest BCUT2D eigenvalue weighted by atomic mass is 16.2. The van der Waals surface area contributed by atoms with Crippen molar-refractivity contribution in [3.05, 3.63) is 71.8 Å². The monoisotopic (exact) mass is 352 g/mol. The van der Waals surface area contributed by atoms with Crippen molar-refractivity contribution in [2.45, 2.75) is 38.5 Å². The van der Waals surface area contributed by atoms with Crippen LogP contribution in [0.4, 0.5) is 0 Å². The van der Waals surface area contributed by atoms with E-state index in [9.17, 15) is 9.59 Å². The van der Waals surface area contributed by atoms with Crippen molar-refractivity contribution in [1.29, 1.82) is 0 Å². The summed E-state index contributed by atoms with van der Waals surface area (Å²) in [5, 5.41) is 5.71. The van der Waals surface area contributed by atoms with Gasteiger partial charge >= 0.3 is 0 Å². The zero-order chi connectivity index (χ0) is 18.5. The molecule has 138 valence electrons. The summed E-state index contributed by atoms with van der Waals surface area (Å²) in [5.74, 6) is 0.0820. The number of aryl methyl sites for hydroxylation is 2. The Kier molecular flexibility index (Phi) is 8.98. The number of nitrogens with one attached hydrogen (secondary N) is 2. The topological polar surface area (TPSA) is 58.2 Å². The molecule has 2 rings (SSSR count). The summed E-state index contributed by atoms with van der Waals surface area (Å²) < 4.78 is 0. The molecule has 0 bridgehead atoms. The minimum Gasteiger partial charge on any atom is -0.354 e. The lowest BCUT2D eigenvalue weighted by Crippen LogP contribution is -2.34. The molecule has 0 spiro atoms. The van der Waals surface area contributed by atoms with Crippen LogP contribution in [0.1, 0.15) is 36.8 Å². The van der Waals surface area contributed by atoms with Crippen LogP contribution in [-0.2, 0) is 22.4 Å². The van der Waals surface area contributed by atoms with Crippen molar-refractivity contribution in [2.24, 2.45) is 0 Å². The fourth-order valence-electron chi connectivity index (χ4n) is 2.78. The predicted molar refractivity (Wildman–Crippen MR) is 105 cm³/mol. The van der Waals surface area contributed by atoms with Crippen LogP contribution >= 0.6 is 0 Å². The first kappa shape index (κ1) is 19.7. The number of amides is 2. The molecule has 0 fully saturated rings. The van der Waals surface area contributed by atoms with Gasteiger partial charge < -0.3 is 10.6 Å². The minimum atomic E-state index is 0.0410. The lowest BCUT2D eigenvalue weighted by molar-refractivity contribution is -0.123. The van der Waals surface area contributed by atoms with Gasteiger partial charge in [0.15, 0.2) is 0 Å². The van der Waals surface area contributed by atoms with Crippen LogP contribution < -0.4 is 10.6 Å². The summed E-state index contributed by atoms with van der Waals surface area (Å²) in [4.78, 5) is 23.6. The molecule has 2 amide bonds. The van der Waals surface area contributed by atoms with E-state index in [2.05, 4.69) is 34.9 Å². The van der Waals surface area contributed by atoms with Gasteiger partial charge in [0.2, 0.25) is 11.8 Å². The number of carbonyl (C=O) groups is 2. The number of hydrogen-bond donors (Lipinski definition) is 2. The van der Waals surface area contributed by atoms with E-state index < -0.39 is 0 Å². The Labute approximate surface area is 156 Å². The minimum absolute atomic E-state index is 0.0410. The highest BCUT2D eigenvalue weighted by molar-refractivity contribution is 5.77. The summed E-state index contributed by atoms with van der Waals surface area (Å²) >= 11 is 0. The third-order valence-corrected chi connectivity index (χ3v) is 4.19. The standard InChI is InChI=1S/C22H28N2O2/c25-21(15-7-13-19-9-3-1-4-10-19)23-17-18-24-22(26)16-8-14-20-11-5-2-6-12-20/h1-6,9-12H,7-8,13-18H2,(H,23,25)(H,24,26). The zero-order valence-corrected chi connectivity index (χ0v) is 15.2. The highest BCUT2D eigenvalue weighted by Crippen LogP contribution is 2.05. The Bertz CT molecular complexity index is 597. The van der Waals surface area contributed by atoms with Crippen LogP contribution in [0.15, 0.2) is 60.7 Å². The third kappa shape index (κ3) is 8.47. The van der Waals surface area contributed by atoms with Gasteiger partial charge in [-0.15, -0.1) is 0 Å². The van der Waals surface area contributed by atoms with Crippen molar-refractivity contribution in [3.8, 4) is 0 Å². The molecule has 4 heteroatoms. The second-order valence-electron chi connectivity index (χ2n) is 6.38. The molecule has 4 nitrogen and oxygen atoms in total. The molecule has 0 heterocycles. The molecule has 0 saturated carbocycles. The maximum absolute atomic E-state index is 11.8. The van der Waals surface area contributed by atoms with Gasteiger partial charge in [-0.25, -0.2) is 0 Å². The van der Waals surface area contributed by atoms with E-state index in [4.69, 9.17) is 0 Å². The first-order valence-corrected chi connectivity index (χ1v) is 9.35. The molecule has 2 aromatic rings. The maximum Gasteiger partial charge on any atom is 0.220 e. The summed E-state index contributed by atoms with van der Waals surface area (Å²) in [7, 11) is 0. The molecule has 0 aliphatic rings. The lowest BCUT2D eigenvalue weighted by Gasteiger charge is -2.07. The number of carbonyl (C=O) groups excluding carboxylic acids is 2. The predicted octanol–water partition coefficient (Wildman–Crippen LogP) is 3.26. The van der Waals surface area contributed by atoms with E-state index in [1.165, 1.54) is 11.1 Å². The van der Waals surface area contributed by atoms with Crippen molar-refractivity contribution in [1.82, 2.24) is 10.6 Å². The number of rotatable bonds is 11. The Morgan fingerprint density at radius 1 is 0.615 bits per heavy atom. The van der Waals surface area contributed by atoms with Gasteiger partial charge in [-0.2, -0.15) is 0 Å². The molecular weight excluding hydrogens is 324 g/mol. The van der Waals surface area contributed by atoms with Crippen LogP contribution in [0.3, 0.4) is 0 Å². The molecule has 0 radical (unpaired) electrons. The van der Waals surface area contributed by atoms with Gasteiger partial charge in [0.05, 0.1) is 0 Å². The number of hydrogen-bond acceptors (Lipinski definition) is 2. The largest absolute Gasteiger partial charge is 0.354 e. The average molecular weight is 352 g/mol. The van der Waals surface area contributed by atoms with E-state index in [1.54, 1.807) is 0 Å². The lowest BCUT2D eigenvalue weighted by atomic mass is 10.1. The van der Waals surface area contributed by atoms with Crippen LogP contribution in [0.2, 0.25) is 0 Å². The first-order chi connectivity index (χ1) is 12.7. The Hall–Kier alpha value is -2.62. The van der Waals surface area contributed by atoms with E-state index in [1.807, 2.05) is 36.4 Å². The molecular formula is C22H28N2O2. The molecule has 0 saturated heterocycles. The Balaban J connectivity index is 1.46. The van der Waals surface area contributed by atoms with Gasteiger partial charge in [0, 0.05) is 25.9 Å². The molecule has 2 N–H and O–H groups in total. The number of benzene rings is 2. The van der Waals surface area contributed by atoms with Crippen molar-refractivity contribution in [2.75, 3.05) is 13.1 Å². The van der Waals surface area contributed by atoms with E-state index in [0.29, 0.717) is 25.9 Å². The molecule has 0 atom stereocenters. The van der Waals surface area contributed by atoms with Gasteiger partial charge in [-0.05, 0) is 36.8 Å². The van der Waals surface area contributed by atoms with Crippen molar-refractivity contribution < 1.29 is 9.59 Å². The molecule has 26 heavy (non-hydrogen) atoms. The van der Waals surface area contributed by atoms with Gasteiger partial charge in [0.25, 0.3) is 0 Å². The van der Waals surface area contributed by atoms with E-state index in [0.717, 1.165) is 25.7 Å². The quantitative estimate of drug-likeness (QED) is 0.610. The SMILES string of the molecule is O=C(CCCc1ccccc1)NCCNC(=O)CCCc1ccccc1. The molecule has 2 aromatic carbocycles. The smallest absolute Gasteiger partial charge is 0.220 e. The van der Waals surface area contributed by atoms with Crippen molar-refractivity contribution in [3.63, 3.8) is 0 Å². The highest BCUT2D eigenvalue weighted by Gasteiger charge is 2.03. The van der Waals surface area contributed by atoms with Gasteiger partial charge in [-0.1, -0.05) is 60.7 Å². The van der Waals surface area contributed by atoms with Crippen LogP contribution in [-0.4, -0.2) is 24.9 Å². The molecule has 0 aliphatic carbocycles. The van der Waals surface area contributed by atoms with E-state index >= 15 is 0 Å². The Morgan fingerprint density at radius 2 is 1.00 bits per heavy atom. The summed E-state index contributed by atoms with van der Waals surface area (Å²) in [6.45, 7) is 0.961. The second-order valence-corrected chi connectivity index (χ2v) is 6.38. The molecule has 0 aliphatic heterocycles.